The number of imidazole rings is 1. The smallest absolute Gasteiger partial charge is 0.212 e. The van der Waals surface area contributed by atoms with Gasteiger partial charge >= 0.3 is 0 Å². The number of anilines is 2. The number of nitrogens with one attached hydrogen (secondary N) is 1. The molecule has 1 atom stereocenters. The minimum absolute atomic E-state index is 0.208. The van der Waals surface area contributed by atoms with E-state index in [0.29, 0.717) is 5.96 Å². The van der Waals surface area contributed by atoms with Crippen LogP contribution in [0.4, 0.5) is 11.6 Å². The monoisotopic (exact) mass is 332 g/mol. The maximum atomic E-state index is 6.07. The normalized spacial score (nSPS) is 19.6. The Morgan fingerprint density at radius 2 is 1.76 bits per heavy atom. The molecule has 2 aromatic carbocycles. The predicted molar refractivity (Wildman–Crippen MR) is 101 cm³/mol. The van der Waals surface area contributed by atoms with Crippen LogP contribution in [0.3, 0.4) is 0 Å². The largest absolute Gasteiger partial charge is 0.371 e. The summed E-state index contributed by atoms with van der Waals surface area (Å²) in [7, 11) is 0. The second-order valence-electron chi connectivity index (χ2n) is 6.56. The van der Waals surface area contributed by atoms with Crippen LogP contribution >= 0.6 is 0 Å². The van der Waals surface area contributed by atoms with Crippen LogP contribution in [0.25, 0.3) is 11.0 Å². The Kier molecular flexibility index (Phi) is 3.16. The van der Waals surface area contributed by atoms with Gasteiger partial charge < -0.3 is 10.6 Å². The average molecular weight is 332 g/mol. The molecule has 0 unspecified atom stereocenters. The molecule has 0 radical (unpaired) electrons. The SMILES string of the molecule is NC1=N[C@@H](c2ccccc2N2CCCC2)n2c(nc3ccccc32)N1. The molecule has 25 heavy (non-hydrogen) atoms. The highest BCUT2D eigenvalue weighted by Gasteiger charge is 2.28. The first-order valence-corrected chi connectivity index (χ1v) is 8.72. The molecule has 6 nitrogen and oxygen atoms in total. The van der Waals surface area contributed by atoms with Gasteiger partial charge in [-0.1, -0.05) is 30.3 Å². The van der Waals surface area contributed by atoms with Crippen molar-refractivity contribution in [2.45, 2.75) is 19.0 Å². The molecular weight excluding hydrogens is 312 g/mol. The third-order valence-corrected chi connectivity index (χ3v) is 5.00. The molecule has 3 N–H and O–H groups in total. The fourth-order valence-electron chi connectivity index (χ4n) is 3.88. The number of aliphatic imine (C=N–C) groups is 1. The lowest BCUT2D eigenvalue weighted by Crippen LogP contribution is -2.32. The number of nitrogens with two attached hydrogens (primary N) is 1. The van der Waals surface area contributed by atoms with Gasteiger partial charge in [0.15, 0.2) is 12.1 Å². The van der Waals surface area contributed by atoms with Crippen LogP contribution in [-0.4, -0.2) is 28.6 Å². The van der Waals surface area contributed by atoms with E-state index < -0.39 is 0 Å². The van der Waals surface area contributed by atoms with Crippen LogP contribution in [0.1, 0.15) is 24.6 Å². The second-order valence-corrected chi connectivity index (χ2v) is 6.56. The first kappa shape index (κ1) is 14.3. The first-order chi connectivity index (χ1) is 12.3. The summed E-state index contributed by atoms with van der Waals surface area (Å²) in [6.45, 7) is 2.19. The molecule has 0 bridgehead atoms. The standard InChI is InChI=1S/C19H20N6/c20-18-22-17(13-7-1-3-9-15(13)24-11-5-6-12-24)25-16-10-4-2-8-14(16)21-19(25)23-18/h1-4,7-10,17H,5-6,11-12H2,(H3,20,21,22,23)/t17-/m1/s1. The summed E-state index contributed by atoms with van der Waals surface area (Å²) in [5.74, 6) is 1.15. The van der Waals surface area contributed by atoms with Gasteiger partial charge in [0.05, 0.1) is 11.0 Å². The van der Waals surface area contributed by atoms with E-state index in [1.54, 1.807) is 0 Å². The number of hydrogen-bond acceptors (Lipinski definition) is 5. The number of fused-ring (bicyclic) bond motifs is 3. The quantitative estimate of drug-likeness (QED) is 0.757. The number of aromatic nitrogens is 2. The molecule has 3 aromatic rings. The van der Waals surface area contributed by atoms with Crippen molar-refractivity contribution < 1.29 is 0 Å². The second kappa shape index (κ2) is 5.51. The van der Waals surface area contributed by atoms with Gasteiger partial charge in [0.2, 0.25) is 5.95 Å². The van der Waals surface area contributed by atoms with Crippen molar-refractivity contribution in [1.82, 2.24) is 9.55 Å². The van der Waals surface area contributed by atoms with Crippen LogP contribution in [0.15, 0.2) is 53.5 Å². The third-order valence-electron chi connectivity index (χ3n) is 5.00. The fourth-order valence-corrected chi connectivity index (χ4v) is 3.88. The van der Waals surface area contributed by atoms with Gasteiger partial charge in [0.1, 0.15) is 0 Å². The van der Waals surface area contributed by atoms with E-state index in [1.165, 1.54) is 24.1 Å². The lowest BCUT2D eigenvalue weighted by Gasteiger charge is -2.28. The predicted octanol–water partition coefficient (Wildman–Crippen LogP) is 2.92. The molecule has 1 saturated heterocycles. The first-order valence-electron chi connectivity index (χ1n) is 8.72. The Morgan fingerprint density at radius 1 is 1.00 bits per heavy atom. The summed E-state index contributed by atoms with van der Waals surface area (Å²) < 4.78 is 2.14. The van der Waals surface area contributed by atoms with Crippen molar-refractivity contribution in [3.05, 3.63) is 54.1 Å². The molecule has 0 saturated carbocycles. The molecule has 0 amide bonds. The summed E-state index contributed by atoms with van der Waals surface area (Å²) in [6, 6.07) is 16.6. The zero-order valence-corrected chi connectivity index (χ0v) is 13.9. The number of benzene rings is 2. The van der Waals surface area contributed by atoms with Gasteiger partial charge in [-0.3, -0.25) is 9.88 Å². The minimum atomic E-state index is -0.208. The van der Waals surface area contributed by atoms with Crippen molar-refractivity contribution in [2.75, 3.05) is 23.3 Å². The highest BCUT2D eigenvalue weighted by atomic mass is 15.4. The Morgan fingerprint density at radius 3 is 2.64 bits per heavy atom. The van der Waals surface area contributed by atoms with E-state index in [9.17, 15) is 0 Å². The van der Waals surface area contributed by atoms with E-state index in [4.69, 9.17) is 10.7 Å². The van der Waals surface area contributed by atoms with Gasteiger partial charge in [-0.15, -0.1) is 0 Å². The lowest BCUT2D eigenvalue weighted by molar-refractivity contribution is 0.624. The zero-order chi connectivity index (χ0) is 16.8. The molecular formula is C19H20N6. The van der Waals surface area contributed by atoms with Crippen LogP contribution in [0.2, 0.25) is 0 Å². The molecule has 5 rings (SSSR count). The van der Waals surface area contributed by atoms with Gasteiger partial charge in [0.25, 0.3) is 0 Å². The molecule has 1 fully saturated rings. The maximum Gasteiger partial charge on any atom is 0.212 e. The lowest BCUT2D eigenvalue weighted by atomic mass is 10.1. The fraction of sp³-hybridized carbons (Fsp3) is 0.263. The van der Waals surface area contributed by atoms with Gasteiger partial charge in [-0.2, -0.15) is 0 Å². The van der Waals surface area contributed by atoms with Crippen molar-refractivity contribution in [2.24, 2.45) is 10.7 Å². The number of hydrogen-bond donors (Lipinski definition) is 2. The third kappa shape index (κ3) is 2.25. The molecule has 0 spiro atoms. The summed E-state index contributed by atoms with van der Waals surface area (Å²) >= 11 is 0. The number of rotatable bonds is 2. The number of nitrogens with zero attached hydrogens (tertiary/aromatic N) is 4. The highest BCUT2D eigenvalue weighted by molar-refractivity contribution is 5.94. The van der Waals surface area contributed by atoms with E-state index >= 15 is 0 Å². The summed E-state index contributed by atoms with van der Waals surface area (Å²) in [6.07, 6.45) is 2.27. The molecule has 1 aromatic heterocycles. The number of guanidine groups is 1. The van der Waals surface area contributed by atoms with Crippen LogP contribution < -0.4 is 16.0 Å². The van der Waals surface area contributed by atoms with Crippen LogP contribution in [-0.2, 0) is 0 Å². The minimum Gasteiger partial charge on any atom is -0.371 e. The molecule has 2 aliphatic heterocycles. The Bertz CT molecular complexity index is 967. The Balaban J connectivity index is 1.71. The van der Waals surface area contributed by atoms with E-state index in [2.05, 4.69) is 50.1 Å². The van der Waals surface area contributed by atoms with Crippen molar-refractivity contribution in [1.29, 1.82) is 0 Å². The van der Waals surface area contributed by atoms with Gasteiger partial charge in [0, 0.05) is 24.3 Å². The topological polar surface area (TPSA) is 71.5 Å². The van der Waals surface area contributed by atoms with Crippen molar-refractivity contribution >= 4 is 28.6 Å². The highest BCUT2D eigenvalue weighted by Crippen LogP contribution is 2.37. The van der Waals surface area contributed by atoms with E-state index in [0.717, 1.165) is 30.1 Å². The van der Waals surface area contributed by atoms with Crippen molar-refractivity contribution in [3.63, 3.8) is 0 Å². The van der Waals surface area contributed by atoms with Gasteiger partial charge in [-0.25, -0.2) is 9.98 Å². The summed E-state index contributed by atoms with van der Waals surface area (Å²) in [5.41, 5.74) is 10.5. The van der Waals surface area contributed by atoms with Crippen LogP contribution in [0.5, 0.6) is 0 Å². The van der Waals surface area contributed by atoms with Crippen LogP contribution in [0, 0.1) is 0 Å². The number of para-hydroxylation sites is 3. The zero-order valence-electron chi connectivity index (χ0n) is 13.9. The molecule has 2 aliphatic rings. The van der Waals surface area contributed by atoms with E-state index in [-0.39, 0.29) is 6.17 Å². The molecule has 3 heterocycles. The maximum absolute atomic E-state index is 6.07. The summed E-state index contributed by atoms with van der Waals surface area (Å²) in [4.78, 5) is 11.9. The molecule has 0 aliphatic carbocycles. The van der Waals surface area contributed by atoms with E-state index in [1.807, 2.05) is 18.2 Å². The van der Waals surface area contributed by atoms with Crippen molar-refractivity contribution in [3.8, 4) is 0 Å². The average Bonchev–Trinajstić information content (AvgIpc) is 3.28. The summed E-state index contributed by atoms with van der Waals surface area (Å²) in [5, 5.41) is 3.10. The van der Waals surface area contributed by atoms with Gasteiger partial charge in [-0.05, 0) is 31.0 Å². The molecule has 126 valence electrons. The Hall–Kier alpha value is -3.02. The molecule has 6 heteroatoms. The Labute approximate surface area is 146 Å².